The molecule has 0 bridgehead atoms. The van der Waals surface area contributed by atoms with Gasteiger partial charge < -0.3 is 0 Å². The summed E-state index contributed by atoms with van der Waals surface area (Å²) in [6.45, 7) is 0. The van der Waals surface area contributed by atoms with E-state index in [0.29, 0.717) is 0 Å². The van der Waals surface area contributed by atoms with E-state index in [1.807, 2.05) is 0 Å². The molecule has 0 aliphatic rings. The van der Waals surface area contributed by atoms with Gasteiger partial charge in [0.1, 0.15) is 4.49 Å². The second-order valence-corrected chi connectivity index (χ2v) is 2.29. The van der Waals surface area contributed by atoms with Crippen LogP contribution in [-0.4, -0.2) is 0 Å². The van der Waals surface area contributed by atoms with E-state index in [-0.39, 0.29) is 9.52 Å². The maximum Gasteiger partial charge on any atom is 0.122 e. The quantitative estimate of drug-likeness (QED) is 0.579. The molecule has 0 N–H and O–H groups in total. The van der Waals surface area contributed by atoms with Gasteiger partial charge in [0, 0.05) is 0 Å². The molecule has 7 heavy (non-hydrogen) atoms. The van der Waals surface area contributed by atoms with Gasteiger partial charge in [0.05, 0.1) is 10.9 Å². The Morgan fingerprint density at radius 3 is 1.57 bits per heavy atom. The largest absolute Gasteiger partial charge is 0.122 e. The third-order valence-corrected chi connectivity index (χ3v) is 1.51. The Bertz CT molecular complexity index is 80.9. The van der Waals surface area contributed by atoms with Gasteiger partial charge in [0.2, 0.25) is 0 Å². The molecular weight excluding hydrogens is 178 g/mol. The van der Waals surface area contributed by atoms with E-state index >= 15 is 0 Å². The normalized spacial score (nSPS) is 8.57. The molecule has 0 aromatic rings. The van der Waals surface area contributed by atoms with Crippen LogP contribution in [0.3, 0.4) is 0 Å². The van der Waals surface area contributed by atoms with Crippen LogP contribution in [0.2, 0.25) is 0 Å². The van der Waals surface area contributed by atoms with E-state index in [4.69, 9.17) is 46.4 Å². The lowest BCUT2D eigenvalue weighted by Gasteiger charge is -1.84. The molecule has 0 nitrogen and oxygen atoms in total. The first-order chi connectivity index (χ1) is 3.18. The zero-order valence-corrected chi connectivity index (χ0v) is 6.11. The van der Waals surface area contributed by atoms with Gasteiger partial charge in [-0.1, -0.05) is 34.8 Å². The number of halogens is 4. The van der Waals surface area contributed by atoms with Crippen molar-refractivity contribution in [1.82, 2.24) is 0 Å². The number of hydrogen-bond acceptors (Lipinski definition) is 0. The molecule has 4 heteroatoms. The van der Waals surface area contributed by atoms with E-state index in [0.717, 1.165) is 5.88 Å². The minimum atomic E-state index is -0.0170. The highest BCUT2D eigenvalue weighted by Crippen LogP contribution is 2.20. The van der Waals surface area contributed by atoms with Gasteiger partial charge in [0.25, 0.3) is 0 Å². The van der Waals surface area contributed by atoms with Crippen molar-refractivity contribution in [2.24, 2.45) is 0 Å². The van der Waals surface area contributed by atoms with Crippen LogP contribution in [0.15, 0.2) is 9.52 Å². The second-order valence-electron chi connectivity index (χ2n) is 0.717. The molecule has 0 rings (SSSR count). The van der Waals surface area contributed by atoms with Crippen molar-refractivity contribution in [3.63, 3.8) is 0 Å². The summed E-state index contributed by atoms with van der Waals surface area (Å²) in [5, 5.41) is 0.157. The summed E-state index contributed by atoms with van der Waals surface area (Å²) in [6, 6.07) is 0. The topological polar surface area (TPSA) is 0 Å². The first-order valence-electron chi connectivity index (χ1n) is 1.32. The Balaban J connectivity index is 3.72. The lowest BCUT2D eigenvalue weighted by molar-refractivity contribution is 1.90. The molecule has 0 spiro atoms. The molecule has 41 valence electrons. The Labute approximate surface area is 62.0 Å². The fraction of sp³-hybridized carbons (Fsp3) is 0. The fourth-order valence-electron chi connectivity index (χ4n) is 0.0412. The minimum Gasteiger partial charge on any atom is -0.115 e. The summed E-state index contributed by atoms with van der Waals surface area (Å²) < 4.78 is -0.0170. The molecule has 0 fully saturated rings. The molecule has 0 heterocycles. The highest BCUT2D eigenvalue weighted by atomic mass is 35.5. The molecule has 0 aromatic carbocycles. The maximum absolute atomic E-state index is 5.23. The Morgan fingerprint density at radius 2 is 1.57 bits per heavy atom. The third-order valence-electron chi connectivity index (χ3n) is 0.276. The molecule has 0 aromatic heterocycles. The van der Waals surface area contributed by atoms with Gasteiger partial charge in [-0.15, -0.1) is 11.6 Å². The molecule has 0 unspecified atom stereocenters. The lowest BCUT2D eigenvalue weighted by Crippen LogP contribution is -1.62. The van der Waals surface area contributed by atoms with E-state index in [1.54, 1.807) is 0 Å². The highest BCUT2D eigenvalue weighted by Gasteiger charge is 1.93. The van der Waals surface area contributed by atoms with Gasteiger partial charge in [-0.3, -0.25) is 0 Å². The van der Waals surface area contributed by atoms with Crippen LogP contribution in [0, 0.1) is 5.88 Å². The van der Waals surface area contributed by atoms with Crippen molar-refractivity contribution in [3.8, 4) is 0 Å². The van der Waals surface area contributed by atoms with Crippen LogP contribution in [0.4, 0.5) is 0 Å². The Morgan fingerprint density at radius 1 is 1.14 bits per heavy atom. The summed E-state index contributed by atoms with van der Waals surface area (Å²) in [5.41, 5.74) is 0. The van der Waals surface area contributed by atoms with Crippen molar-refractivity contribution >= 4 is 46.4 Å². The SMILES string of the molecule is Cl[CH]C(Cl)=C(Cl)Cl. The average Bonchev–Trinajstić information content (AvgIpc) is 1.65. The van der Waals surface area contributed by atoms with Gasteiger partial charge in [-0.25, -0.2) is 0 Å². The lowest BCUT2D eigenvalue weighted by atomic mass is 10.7. The first-order valence-corrected chi connectivity index (χ1v) is 2.89. The summed E-state index contributed by atoms with van der Waals surface area (Å²) in [4.78, 5) is 0. The van der Waals surface area contributed by atoms with E-state index < -0.39 is 0 Å². The minimum absolute atomic E-state index is 0.0170. The van der Waals surface area contributed by atoms with Crippen molar-refractivity contribution in [2.45, 2.75) is 0 Å². The standard InChI is InChI=1S/C3HCl4/c4-1-2(5)3(6)7/h1H. The van der Waals surface area contributed by atoms with Gasteiger partial charge in [-0.2, -0.15) is 0 Å². The number of hydrogen-bond donors (Lipinski definition) is 0. The van der Waals surface area contributed by atoms with Crippen molar-refractivity contribution < 1.29 is 0 Å². The van der Waals surface area contributed by atoms with E-state index in [2.05, 4.69) is 0 Å². The first kappa shape index (κ1) is 7.90. The molecule has 1 radical (unpaired) electrons. The van der Waals surface area contributed by atoms with Crippen LogP contribution in [0.5, 0.6) is 0 Å². The van der Waals surface area contributed by atoms with Crippen LogP contribution < -0.4 is 0 Å². The maximum atomic E-state index is 5.23. The molecule has 0 saturated heterocycles. The predicted octanol–water partition coefficient (Wildman–Crippen LogP) is 3.27. The Hall–Kier alpha value is 0.900. The van der Waals surface area contributed by atoms with Crippen molar-refractivity contribution in [1.29, 1.82) is 0 Å². The van der Waals surface area contributed by atoms with Crippen molar-refractivity contribution in [2.75, 3.05) is 0 Å². The molecule has 0 aliphatic carbocycles. The zero-order chi connectivity index (χ0) is 5.86. The smallest absolute Gasteiger partial charge is 0.115 e. The van der Waals surface area contributed by atoms with Crippen LogP contribution >= 0.6 is 46.4 Å². The monoisotopic (exact) mass is 177 g/mol. The van der Waals surface area contributed by atoms with Crippen LogP contribution in [0.1, 0.15) is 0 Å². The average molecular weight is 179 g/mol. The van der Waals surface area contributed by atoms with E-state index in [9.17, 15) is 0 Å². The summed E-state index contributed by atoms with van der Waals surface area (Å²) >= 11 is 20.5. The summed E-state index contributed by atoms with van der Waals surface area (Å²) in [5.74, 6) is 1.09. The molecule has 0 saturated carbocycles. The summed E-state index contributed by atoms with van der Waals surface area (Å²) in [7, 11) is 0. The van der Waals surface area contributed by atoms with Crippen LogP contribution in [0.25, 0.3) is 0 Å². The molecule has 0 atom stereocenters. The Kier molecular flexibility index (Phi) is 4.34. The fourth-order valence-corrected chi connectivity index (χ4v) is 0.371. The highest BCUT2D eigenvalue weighted by molar-refractivity contribution is 6.60. The molecular formula is C3HCl4. The van der Waals surface area contributed by atoms with Crippen molar-refractivity contribution in [3.05, 3.63) is 15.4 Å². The second kappa shape index (κ2) is 3.85. The van der Waals surface area contributed by atoms with Gasteiger partial charge in [0.15, 0.2) is 0 Å². The van der Waals surface area contributed by atoms with Gasteiger partial charge in [-0.05, 0) is 0 Å². The number of allylic oxidation sites excluding steroid dienone is 1. The summed E-state index contributed by atoms with van der Waals surface area (Å²) in [6.07, 6.45) is 0. The van der Waals surface area contributed by atoms with Crippen LogP contribution in [-0.2, 0) is 0 Å². The number of rotatable bonds is 1. The van der Waals surface area contributed by atoms with E-state index in [1.165, 1.54) is 0 Å². The zero-order valence-electron chi connectivity index (χ0n) is 3.09. The molecule has 0 aliphatic heterocycles. The predicted molar refractivity (Wildman–Crippen MR) is 34.7 cm³/mol. The third kappa shape index (κ3) is 3.48. The molecule has 0 amide bonds. The van der Waals surface area contributed by atoms with Gasteiger partial charge >= 0.3 is 0 Å².